The van der Waals surface area contributed by atoms with Gasteiger partial charge in [-0.05, 0) is 71.8 Å². The van der Waals surface area contributed by atoms with Gasteiger partial charge in [0.15, 0.2) is 0 Å². The van der Waals surface area contributed by atoms with Gasteiger partial charge >= 0.3 is 0 Å². The first-order valence-corrected chi connectivity index (χ1v) is 15.8. The highest BCUT2D eigenvalue weighted by Crippen LogP contribution is 2.43. The predicted molar refractivity (Wildman–Crippen MR) is 194 cm³/mol. The number of rotatable bonds is 4. The fraction of sp³-hybridized carbons (Fsp3) is 0. The number of fused-ring (bicyclic) bond motifs is 10. The molecule has 0 spiro atoms. The molecule has 7 aromatic carbocycles. The number of pyridine rings is 1. The molecule has 0 amide bonds. The Kier molecular flexibility index (Phi) is 5.54. The molecule has 47 heavy (non-hydrogen) atoms. The minimum absolute atomic E-state index is 0.869. The predicted octanol–water partition coefficient (Wildman–Crippen LogP) is 12.3. The van der Waals surface area contributed by atoms with E-state index in [-0.39, 0.29) is 0 Å². The molecule has 0 unspecified atom stereocenters. The van der Waals surface area contributed by atoms with Gasteiger partial charge in [0, 0.05) is 67.0 Å². The zero-order valence-corrected chi connectivity index (χ0v) is 25.2. The van der Waals surface area contributed by atoms with Crippen LogP contribution in [-0.4, -0.2) is 4.98 Å². The monoisotopic (exact) mass is 602 g/mol. The summed E-state index contributed by atoms with van der Waals surface area (Å²) in [7, 11) is 0. The second kappa shape index (κ2) is 10.1. The highest BCUT2D eigenvalue weighted by Gasteiger charge is 2.19. The first-order chi connectivity index (χ1) is 23.3. The summed E-state index contributed by atoms with van der Waals surface area (Å²) in [5.74, 6) is 0. The van der Waals surface area contributed by atoms with Gasteiger partial charge in [-0.3, -0.25) is 4.98 Å². The van der Waals surface area contributed by atoms with Crippen LogP contribution < -0.4 is 4.90 Å². The van der Waals surface area contributed by atoms with Crippen molar-refractivity contribution in [3.63, 3.8) is 0 Å². The average molecular weight is 603 g/mol. The molecule has 0 radical (unpaired) electrons. The maximum atomic E-state index is 6.52. The van der Waals surface area contributed by atoms with Crippen LogP contribution in [0.2, 0.25) is 0 Å². The Hall–Kier alpha value is -6.39. The van der Waals surface area contributed by atoms with Crippen molar-refractivity contribution in [2.75, 3.05) is 4.90 Å². The van der Waals surface area contributed by atoms with Crippen LogP contribution in [-0.2, 0) is 0 Å². The van der Waals surface area contributed by atoms with E-state index < -0.39 is 0 Å². The summed E-state index contributed by atoms with van der Waals surface area (Å²) in [4.78, 5) is 7.14. The molecule has 0 bridgehead atoms. The minimum atomic E-state index is 0.869. The van der Waals surface area contributed by atoms with E-state index in [0.29, 0.717) is 0 Å². The van der Waals surface area contributed by atoms with Crippen molar-refractivity contribution in [2.24, 2.45) is 0 Å². The SMILES string of the molecule is c1ccc(N(c2ccc(-c3cc4c5ccccc5oc4c4c3cnc3ccccc34)cc2)c2ccc3c(c2)oc2ccccc23)cc1. The number of para-hydroxylation sites is 4. The van der Waals surface area contributed by atoms with Gasteiger partial charge in [-0.15, -0.1) is 0 Å². The lowest BCUT2D eigenvalue weighted by Crippen LogP contribution is -2.09. The number of hydrogen-bond acceptors (Lipinski definition) is 4. The summed E-state index contributed by atoms with van der Waals surface area (Å²) in [5, 5.41) is 7.70. The summed E-state index contributed by atoms with van der Waals surface area (Å²) in [6.45, 7) is 0. The van der Waals surface area contributed by atoms with E-state index >= 15 is 0 Å². The number of aromatic nitrogens is 1. The lowest BCUT2D eigenvalue weighted by Gasteiger charge is -2.25. The van der Waals surface area contributed by atoms with Crippen molar-refractivity contribution in [1.82, 2.24) is 4.98 Å². The molecule has 0 aliphatic carbocycles. The van der Waals surface area contributed by atoms with Gasteiger partial charge in [0.1, 0.15) is 22.3 Å². The van der Waals surface area contributed by atoms with Gasteiger partial charge in [-0.2, -0.15) is 0 Å². The first kappa shape index (κ1) is 25.9. The van der Waals surface area contributed by atoms with E-state index in [0.717, 1.165) is 93.7 Å². The van der Waals surface area contributed by atoms with Crippen molar-refractivity contribution in [2.45, 2.75) is 0 Å². The van der Waals surface area contributed by atoms with Gasteiger partial charge in [-0.25, -0.2) is 0 Å². The molecule has 220 valence electrons. The van der Waals surface area contributed by atoms with Crippen LogP contribution in [0.1, 0.15) is 0 Å². The van der Waals surface area contributed by atoms with Gasteiger partial charge in [0.2, 0.25) is 0 Å². The fourth-order valence-electron chi connectivity index (χ4n) is 7.11. The first-order valence-electron chi connectivity index (χ1n) is 15.8. The van der Waals surface area contributed by atoms with Crippen LogP contribution in [0.25, 0.3) is 76.7 Å². The fourth-order valence-corrected chi connectivity index (χ4v) is 7.11. The lowest BCUT2D eigenvalue weighted by molar-refractivity contribution is 0.669. The van der Waals surface area contributed by atoms with Crippen LogP contribution in [0.4, 0.5) is 17.1 Å². The van der Waals surface area contributed by atoms with Crippen molar-refractivity contribution in [1.29, 1.82) is 0 Å². The molecule has 10 rings (SSSR count). The molecule has 10 aromatic rings. The van der Waals surface area contributed by atoms with Gasteiger partial charge in [-0.1, -0.05) is 84.9 Å². The number of furan rings is 2. The van der Waals surface area contributed by atoms with Gasteiger partial charge in [0.05, 0.1) is 5.52 Å². The molecule has 3 aromatic heterocycles. The largest absolute Gasteiger partial charge is 0.456 e. The van der Waals surface area contributed by atoms with Crippen molar-refractivity contribution in [3.8, 4) is 11.1 Å². The molecule has 3 heterocycles. The molecule has 4 nitrogen and oxygen atoms in total. The molecule has 0 saturated carbocycles. The van der Waals surface area contributed by atoms with Gasteiger partial charge < -0.3 is 13.7 Å². The number of anilines is 3. The molecule has 0 aliphatic rings. The van der Waals surface area contributed by atoms with Crippen molar-refractivity contribution >= 4 is 82.6 Å². The van der Waals surface area contributed by atoms with Crippen molar-refractivity contribution < 1.29 is 8.83 Å². The molecular weight excluding hydrogens is 576 g/mol. The second-order valence-electron chi connectivity index (χ2n) is 12.0. The van der Waals surface area contributed by atoms with Crippen molar-refractivity contribution in [3.05, 3.63) is 158 Å². The van der Waals surface area contributed by atoms with Gasteiger partial charge in [0.25, 0.3) is 0 Å². The standard InChI is InChI=1S/C43H26N2O2/c1-2-10-28(11-3-1)45(30-22-23-33-31-12-5-8-16-39(31)46-41(33)24-30)29-20-18-27(19-21-29)35-25-36-32-13-6-9-17-40(32)47-43(36)42-34-14-4-7-15-38(34)44-26-37(35)42/h1-26H. The third-order valence-electron chi connectivity index (χ3n) is 9.29. The summed E-state index contributed by atoms with van der Waals surface area (Å²) in [6.07, 6.45) is 1.99. The molecule has 0 saturated heterocycles. The Labute approximate surface area is 269 Å². The highest BCUT2D eigenvalue weighted by atomic mass is 16.3. The average Bonchev–Trinajstić information content (AvgIpc) is 3.70. The lowest BCUT2D eigenvalue weighted by atomic mass is 9.94. The summed E-state index contributed by atoms with van der Waals surface area (Å²) >= 11 is 0. The van der Waals surface area contributed by atoms with E-state index in [1.165, 1.54) is 0 Å². The molecule has 0 aliphatic heterocycles. The van der Waals surface area contributed by atoms with Crippen LogP contribution in [0.3, 0.4) is 0 Å². The van der Waals surface area contributed by atoms with E-state index in [2.05, 4.69) is 120 Å². The number of nitrogens with zero attached hydrogens (tertiary/aromatic N) is 2. The molecule has 0 atom stereocenters. The Balaban J connectivity index is 1.16. The quantitative estimate of drug-likeness (QED) is 0.188. The maximum absolute atomic E-state index is 6.52. The molecule has 0 fully saturated rings. The zero-order valence-electron chi connectivity index (χ0n) is 25.2. The topological polar surface area (TPSA) is 42.4 Å². The van der Waals surface area contributed by atoms with E-state index in [4.69, 9.17) is 13.8 Å². The Morgan fingerprint density at radius 1 is 0.426 bits per heavy atom. The zero-order chi connectivity index (χ0) is 30.9. The highest BCUT2D eigenvalue weighted by molar-refractivity contribution is 6.25. The maximum Gasteiger partial charge on any atom is 0.144 e. The minimum Gasteiger partial charge on any atom is -0.456 e. The number of hydrogen-bond donors (Lipinski definition) is 0. The van der Waals surface area contributed by atoms with E-state index in [1.807, 2.05) is 42.6 Å². The smallest absolute Gasteiger partial charge is 0.144 e. The summed E-state index contributed by atoms with van der Waals surface area (Å²) in [5.41, 5.74) is 9.90. The summed E-state index contributed by atoms with van der Waals surface area (Å²) < 4.78 is 12.8. The molecular formula is C43H26N2O2. The summed E-state index contributed by atoms with van der Waals surface area (Å²) in [6, 6.07) is 52.8. The second-order valence-corrected chi connectivity index (χ2v) is 12.0. The molecule has 4 heteroatoms. The van der Waals surface area contributed by atoms with Crippen LogP contribution in [0.15, 0.2) is 167 Å². The Bertz CT molecular complexity index is 2790. The third-order valence-corrected chi connectivity index (χ3v) is 9.29. The number of benzene rings is 7. The Morgan fingerprint density at radius 3 is 1.85 bits per heavy atom. The normalized spacial score (nSPS) is 11.8. The third kappa shape index (κ3) is 3.98. The Morgan fingerprint density at radius 2 is 1.04 bits per heavy atom. The van der Waals surface area contributed by atoms with E-state index in [1.54, 1.807) is 0 Å². The van der Waals surface area contributed by atoms with E-state index in [9.17, 15) is 0 Å². The van der Waals surface area contributed by atoms with Crippen LogP contribution >= 0.6 is 0 Å². The molecule has 0 N–H and O–H groups in total. The van der Waals surface area contributed by atoms with Crippen LogP contribution in [0, 0.1) is 0 Å². The van der Waals surface area contributed by atoms with Crippen LogP contribution in [0.5, 0.6) is 0 Å².